The lowest BCUT2D eigenvalue weighted by Gasteiger charge is -2.40. The first-order valence-corrected chi connectivity index (χ1v) is 7.90. The van der Waals surface area contributed by atoms with E-state index in [9.17, 15) is 9.90 Å². The summed E-state index contributed by atoms with van der Waals surface area (Å²) in [6.45, 7) is 8.52. The fraction of sp³-hybridized carbons (Fsp3) is 0.750. The van der Waals surface area contributed by atoms with Gasteiger partial charge in [-0.25, -0.2) is 4.98 Å². The molecule has 0 spiro atoms. The van der Waals surface area contributed by atoms with Crippen molar-refractivity contribution < 1.29 is 9.90 Å². The van der Waals surface area contributed by atoms with Gasteiger partial charge in [-0.1, -0.05) is 20.8 Å². The third kappa shape index (κ3) is 4.08. The summed E-state index contributed by atoms with van der Waals surface area (Å²) in [4.78, 5) is 18.6. The molecule has 2 N–H and O–H groups in total. The SMILES string of the molecule is Cn1ccnc1CNCC1(O)CCCN(CC(C)(C)C)C1=O. The molecule has 1 aliphatic heterocycles. The fourth-order valence-electron chi connectivity index (χ4n) is 2.90. The molecule has 1 amide bonds. The predicted molar refractivity (Wildman–Crippen MR) is 85.1 cm³/mol. The van der Waals surface area contributed by atoms with Gasteiger partial charge in [0.15, 0.2) is 5.60 Å². The zero-order valence-electron chi connectivity index (χ0n) is 14.1. The summed E-state index contributed by atoms with van der Waals surface area (Å²) in [5.74, 6) is 0.736. The van der Waals surface area contributed by atoms with E-state index >= 15 is 0 Å². The van der Waals surface area contributed by atoms with Crippen LogP contribution in [0, 0.1) is 5.41 Å². The zero-order chi connectivity index (χ0) is 16.4. The maximum Gasteiger partial charge on any atom is 0.255 e. The second-order valence-electron chi connectivity index (χ2n) is 7.48. The Balaban J connectivity index is 1.93. The first-order chi connectivity index (χ1) is 10.2. The van der Waals surface area contributed by atoms with E-state index in [1.165, 1.54) is 0 Å². The van der Waals surface area contributed by atoms with Crippen molar-refractivity contribution in [2.24, 2.45) is 12.5 Å². The van der Waals surface area contributed by atoms with Gasteiger partial charge in [-0.3, -0.25) is 4.79 Å². The van der Waals surface area contributed by atoms with Crippen molar-refractivity contribution in [1.82, 2.24) is 19.8 Å². The van der Waals surface area contributed by atoms with Gasteiger partial charge in [-0.15, -0.1) is 0 Å². The van der Waals surface area contributed by atoms with Gasteiger partial charge >= 0.3 is 0 Å². The molecule has 6 nitrogen and oxygen atoms in total. The molecule has 1 unspecified atom stereocenters. The van der Waals surface area contributed by atoms with E-state index in [0.29, 0.717) is 19.5 Å². The molecule has 0 aromatic carbocycles. The zero-order valence-corrected chi connectivity index (χ0v) is 14.1. The number of hydrogen-bond donors (Lipinski definition) is 2. The Morgan fingerprint density at radius 1 is 1.45 bits per heavy atom. The second kappa shape index (κ2) is 6.38. The largest absolute Gasteiger partial charge is 0.379 e. The summed E-state index contributed by atoms with van der Waals surface area (Å²) in [6.07, 6.45) is 4.97. The maximum atomic E-state index is 12.6. The van der Waals surface area contributed by atoms with Gasteiger partial charge in [0.2, 0.25) is 0 Å². The molecule has 22 heavy (non-hydrogen) atoms. The van der Waals surface area contributed by atoms with Crippen molar-refractivity contribution in [2.45, 2.75) is 45.8 Å². The molecule has 6 heteroatoms. The topological polar surface area (TPSA) is 70.4 Å². The van der Waals surface area contributed by atoms with Crippen LogP contribution in [-0.4, -0.2) is 50.7 Å². The summed E-state index contributed by atoms with van der Waals surface area (Å²) in [5.41, 5.74) is -1.26. The third-order valence-electron chi connectivity index (χ3n) is 3.99. The van der Waals surface area contributed by atoms with E-state index in [-0.39, 0.29) is 17.9 Å². The van der Waals surface area contributed by atoms with Gasteiger partial charge in [0.1, 0.15) is 5.82 Å². The second-order valence-corrected chi connectivity index (χ2v) is 7.48. The highest BCUT2D eigenvalue weighted by atomic mass is 16.3. The molecule has 0 bridgehead atoms. The van der Waals surface area contributed by atoms with Crippen LogP contribution in [0.25, 0.3) is 0 Å². The molecule has 2 rings (SSSR count). The van der Waals surface area contributed by atoms with Crippen LogP contribution in [0.3, 0.4) is 0 Å². The van der Waals surface area contributed by atoms with Crippen molar-refractivity contribution >= 4 is 5.91 Å². The van der Waals surface area contributed by atoms with Crippen molar-refractivity contribution in [3.8, 4) is 0 Å². The van der Waals surface area contributed by atoms with E-state index in [0.717, 1.165) is 18.8 Å². The summed E-state index contributed by atoms with van der Waals surface area (Å²) < 4.78 is 1.92. The molecule has 1 fully saturated rings. The number of aliphatic hydroxyl groups is 1. The number of carbonyl (C=O) groups is 1. The minimum atomic E-state index is -1.30. The van der Waals surface area contributed by atoms with E-state index in [4.69, 9.17) is 0 Å². The first kappa shape index (κ1) is 17.0. The van der Waals surface area contributed by atoms with Crippen LogP contribution in [0.15, 0.2) is 12.4 Å². The maximum absolute atomic E-state index is 12.6. The molecular formula is C16H28N4O2. The van der Waals surface area contributed by atoms with E-state index in [1.54, 1.807) is 11.1 Å². The van der Waals surface area contributed by atoms with Gasteiger partial charge in [-0.05, 0) is 18.3 Å². The summed E-state index contributed by atoms with van der Waals surface area (Å²) in [7, 11) is 1.93. The van der Waals surface area contributed by atoms with Gasteiger partial charge in [-0.2, -0.15) is 0 Å². The summed E-state index contributed by atoms with van der Waals surface area (Å²) >= 11 is 0. The highest BCUT2D eigenvalue weighted by Gasteiger charge is 2.42. The molecule has 124 valence electrons. The van der Waals surface area contributed by atoms with Crippen LogP contribution in [0.5, 0.6) is 0 Å². The highest BCUT2D eigenvalue weighted by Crippen LogP contribution is 2.25. The average Bonchev–Trinajstić information content (AvgIpc) is 2.80. The Morgan fingerprint density at radius 2 is 2.18 bits per heavy atom. The van der Waals surface area contributed by atoms with Gasteiger partial charge in [0, 0.05) is 39.1 Å². The van der Waals surface area contributed by atoms with E-state index < -0.39 is 5.60 Å². The molecule has 1 saturated heterocycles. The Labute approximate surface area is 132 Å². The molecule has 1 aliphatic rings. The lowest BCUT2D eigenvalue weighted by Crippen LogP contribution is -2.59. The van der Waals surface area contributed by atoms with Gasteiger partial charge in [0.05, 0.1) is 6.54 Å². The Morgan fingerprint density at radius 3 is 2.77 bits per heavy atom. The number of aryl methyl sites for hydroxylation is 1. The minimum Gasteiger partial charge on any atom is -0.379 e. The number of imidazole rings is 1. The normalized spacial score (nSPS) is 23.1. The standard InChI is InChI=1S/C16H28N4O2/c1-15(2,3)12-20-8-5-6-16(22,14(20)21)11-17-10-13-18-7-9-19(13)4/h7,9,17,22H,5-6,8,10-12H2,1-4H3. The smallest absolute Gasteiger partial charge is 0.255 e. The quantitative estimate of drug-likeness (QED) is 0.848. The van der Waals surface area contributed by atoms with E-state index in [2.05, 4.69) is 31.1 Å². The van der Waals surface area contributed by atoms with Crippen molar-refractivity contribution in [3.05, 3.63) is 18.2 Å². The molecule has 0 aliphatic carbocycles. The molecule has 2 heterocycles. The van der Waals surface area contributed by atoms with Crippen LogP contribution in [-0.2, 0) is 18.4 Å². The molecule has 1 aromatic rings. The number of hydrogen-bond acceptors (Lipinski definition) is 4. The van der Waals surface area contributed by atoms with Crippen LogP contribution in [0.2, 0.25) is 0 Å². The average molecular weight is 308 g/mol. The Hall–Kier alpha value is -1.40. The van der Waals surface area contributed by atoms with Crippen LogP contribution < -0.4 is 5.32 Å². The molecule has 0 radical (unpaired) electrons. The molecule has 1 aromatic heterocycles. The number of likely N-dealkylation sites (tertiary alicyclic amines) is 1. The number of rotatable bonds is 5. The highest BCUT2D eigenvalue weighted by molar-refractivity contribution is 5.86. The van der Waals surface area contributed by atoms with Crippen molar-refractivity contribution in [3.63, 3.8) is 0 Å². The lowest BCUT2D eigenvalue weighted by atomic mass is 9.88. The first-order valence-electron chi connectivity index (χ1n) is 7.90. The van der Waals surface area contributed by atoms with E-state index in [1.807, 2.05) is 17.8 Å². The van der Waals surface area contributed by atoms with Crippen LogP contribution >= 0.6 is 0 Å². The van der Waals surface area contributed by atoms with Crippen LogP contribution in [0.1, 0.15) is 39.4 Å². The summed E-state index contributed by atoms with van der Waals surface area (Å²) in [5, 5.41) is 13.9. The molecule has 1 atom stereocenters. The fourth-order valence-corrected chi connectivity index (χ4v) is 2.90. The number of amides is 1. The molecule has 0 saturated carbocycles. The predicted octanol–water partition coefficient (Wildman–Crippen LogP) is 0.909. The molecular weight excluding hydrogens is 280 g/mol. The number of nitrogens with zero attached hydrogens (tertiary/aromatic N) is 3. The van der Waals surface area contributed by atoms with Crippen LogP contribution in [0.4, 0.5) is 0 Å². The minimum absolute atomic E-state index is 0.0360. The Kier molecular flexibility index (Phi) is 4.92. The Bertz CT molecular complexity index is 520. The number of carbonyl (C=O) groups excluding carboxylic acids is 1. The number of nitrogens with one attached hydrogen (secondary N) is 1. The van der Waals surface area contributed by atoms with Gasteiger partial charge in [0.25, 0.3) is 5.91 Å². The van der Waals surface area contributed by atoms with Crippen molar-refractivity contribution in [1.29, 1.82) is 0 Å². The van der Waals surface area contributed by atoms with Gasteiger partial charge < -0.3 is 19.9 Å². The lowest BCUT2D eigenvalue weighted by molar-refractivity contribution is -0.158. The monoisotopic (exact) mass is 308 g/mol. The summed E-state index contributed by atoms with van der Waals surface area (Å²) in [6, 6.07) is 0. The van der Waals surface area contributed by atoms with Crippen molar-refractivity contribution in [2.75, 3.05) is 19.6 Å². The number of piperidine rings is 1. The number of aromatic nitrogens is 2. The third-order valence-corrected chi connectivity index (χ3v) is 3.99.